The second-order valence-electron chi connectivity index (χ2n) is 3.35. The molecule has 2 aromatic heterocycles. The normalized spacial score (nSPS) is 11.4. The van der Waals surface area contributed by atoms with Crippen molar-refractivity contribution in [1.29, 1.82) is 0 Å². The van der Waals surface area contributed by atoms with Crippen LogP contribution >= 0.6 is 27.3 Å². The lowest BCUT2D eigenvalue weighted by atomic mass is 10.2. The quantitative estimate of drug-likeness (QED) is 0.899. The van der Waals surface area contributed by atoms with E-state index in [1.54, 1.807) is 0 Å². The topological polar surface area (TPSA) is 54.9 Å². The predicted octanol–water partition coefficient (Wildman–Crippen LogP) is 3.57. The molecule has 2 heterocycles. The van der Waals surface area contributed by atoms with Crippen LogP contribution in [0.5, 0.6) is 0 Å². The third kappa shape index (κ3) is 3.51. The zero-order chi connectivity index (χ0) is 14.0. The van der Waals surface area contributed by atoms with Gasteiger partial charge in [-0.25, -0.2) is 4.98 Å². The number of rotatable bonds is 2. The molecular formula is C10H5BrF3N3OS. The summed E-state index contributed by atoms with van der Waals surface area (Å²) in [5.41, 5.74) is -1.01. The third-order valence-corrected chi connectivity index (χ3v) is 3.41. The van der Waals surface area contributed by atoms with Gasteiger partial charge in [-0.2, -0.15) is 13.2 Å². The SMILES string of the molecule is O=C(Nc1ncc(Br)s1)c1ccc(C(F)(F)F)nc1. The van der Waals surface area contributed by atoms with E-state index in [1.165, 1.54) is 17.5 Å². The average molecular weight is 352 g/mol. The van der Waals surface area contributed by atoms with Gasteiger partial charge in [0.15, 0.2) is 5.13 Å². The summed E-state index contributed by atoms with van der Waals surface area (Å²) in [4.78, 5) is 18.8. The Kier molecular flexibility index (Phi) is 3.85. The number of carbonyl (C=O) groups is 1. The van der Waals surface area contributed by atoms with Crippen molar-refractivity contribution >= 4 is 38.3 Å². The van der Waals surface area contributed by atoms with Crippen LogP contribution in [0.3, 0.4) is 0 Å². The maximum Gasteiger partial charge on any atom is 0.433 e. The molecule has 0 fully saturated rings. The van der Waals surface area contributed by atoms with Gasteiger partial charge in [0.1, 0.15) is 5.69 Å². The van der Waals surface area contributed by atoms with Crippen molar-refractivity contribution in [3.63, 3.8) is 0 Å². The fourth-order valence-electron chi connectivity index (χ4n) is 1.18. The van der Waals surface area contributed by atoms with Crippen molar-refractivity contribution in [1.82, 2.24) is 9.97 Å². The van der Waals surface area contributed by atoms with E-state index in [0.29, 0.717) is 5.13 Å². The van der Waals surface area contributed by atoms with Crippen molar-refractivity contribution in [2.45, 2.75) is 6.18 Å². The fourth-order valence-corrected chi connectivity index (χ4v) is 2.28. The second kappa shape index (κ2) is 5.25. The molecule has 0 aliphatic heterocycles. The molecule has 0 aromatic carbocycles. The van der Waals surface area contributed by atoms with E-state index in [2.05, 4.69) is 31.2 Å². The molecular weight excluding hydrogens is 347 g/mol. The minimum Gasteiger partial charge on any atom is -0.298 e. The highest BCUT2D eigenvalue weighted by Gasteiger charge is 2.32. The largest absolute Gasteiger partial charge is 0.433 e. The van der Waals surface area contributed by atoms with Gasteiger partial charge in [0.2, 0.25) is 0 Å². The number of anilines is 1. The van der Waals surface area contributed by atoms with Gasteiger partial charge in [-0.05, 0) is 28.1 Å². The number of amides is 1. The molecule has 19 heavy (non-hydrogen) atoms. The van der Waals surface area contributed by atoms with Gasteiger partial charge in [0, 0.05) is 6.20 Å². The van der Waals surface area contributed by atoms with E-state index < -0.39 is 17.8 Å². The fraction of sp³-hybridized carbons (Fsp3) is 0.100. The minimum atomic E-state index is -4.52. The maximum absolute atomic E-state index is 12.3. The first-order valence-corrected chi connectivity index (χ1v) is 6.43. The summed E-state index contributed by atoms with van der Waals surface area (Å²) in [6.07, 6.45) is -2.14. The van der Waals surface area contributed by atoms with Crippen molar-refractivity contribution in [2.75, 3.05) is 5.32 Å². The summed E-state index contributed by atoms with van der Waals surface area (Å²) >= 11 is 4.37. The number of aromatic nitrogens is 2. The average Bonchev–Trinajstić information content (AvgIpc) is 2.74. The summed E-state index contributed by atoms with van der Waals surface area (Å²) in [6.45, 7) is 0. The molecule has 0 aliphatic carbocycles. The lowest BCUT2D eigenvalue weighted by molar-refractivity contribution is -0.141. The van der Waals surface area contributed by atoms with Crippen molar-refractivity contribution in [3.8, 4) is 0 Å². The van der Waals surface area contributed by atoms with Crippen LogP contribution in [0.25, 0.3) is 0 Å². The van der Waals surface area contributed by atoms with Gasteiger partial charge in [-0.15, -0.1) is 0 Å². The molecule has 0 saturated carbocycles. The standard InChI is InChI=1S/C10H5BrF3N3OS/c11-7-4-16-9(19-7)17-8(18)5-1-2-6(15-3-5)10(12,13)14/h1-4H,(H,16,17,18). The van der Waals surface area contributed by atoms with Crippen LogP contribution in [0.15, 0.2) is 28.3 Å². The monoisotopic (exact) mass is 351 g/mol. The summed E-state index contributed by atoms with van der Waals surface area (Å²) in [7, 11) is 0. The number of pyridine rings is 1. The Bertz CT molecular complexity index is 597. The molecule has 2 aromatic rings. The number of nitrogens with zero attached hydrogens (tertiary/aromatic N) is 2. The van der Waals surface area contributed by atoms with E-state index in [1.807, 2.05) is 0 Å². The third-order valence-electron chi connectivity index (χ3n) is 2.01. The number of halogens is 4. The second-order valence-corrected chi connectivity index (χ2v) is 5.76. The molecule has 0 spiro atoms. The minimum absolute atomic E-state index is 0.0272. The molecule has 4 nitrogen and oxygen atoms in total. The van der Waals surface area contributed by atoms with E-state index >= 15 is 0 Å². The zero-order valence-corrected chi connectivity index (χ0v) is 11.4. The number of carbonyl (C=O) groups excluding carboxylic acids is 1. The molecule has 9 heteroatoms. The number of nitrogens with one attached hydrogen (secondary N) is 1. The van der Waals surface area contributed by atoms with E-state index in [0.717, 1.165) is 22.1 Å². The Morgan fingerprint density at radius 1 is 1.26 bits per heavy atom. The van der Waals surface area contributed by atoms with Gasteiger partial charge < -0.3 is 0 Å². The highest BCUT2D eigenvalue weighted by molar-refractivity contribution is 9.11. The highest BCUT2D eigenvalue weighted by Crippen LogP contribution is 2.27. The molecule has 1 N–H and O–H groups in total. The first kappa shape index (κ1) is 13.9. The summed E-state index contributed by atoms with van der Waals surface area (Å²) in [5.74, 6) is -0.567. The summed E-state index contributed by atoms with van der Waals surface area (Å²) in [5, 5.41) is 2.80. The van der Waals surface area contributed by atoms with Crippen LogP contribution in [0.2, 0.25) is 0 Å². The van der Waals surface area contributed by atoms with Crippen LogP contribution in [0.4, 0.5) is 18.3 Å². The Morgan fingerprint density at radius 2 is 2.00 bits per heavy atom. The Hall–Kier alpha value is -1.48. The van der Waals surface area contributed by atoms with Gasteiger partial charge in [-0.3, -0.25) is 15.1 Å². The van der Waals surface area contributed by atoms with Crippen LogP contribution < -0.4 is 5.32 Å². The molecule has 0 unspecified atom stereocenters. The molecule has 0 atom stereocenters. The van der Waals surface area contributed by atoms with Crippen molar-refractivity contribution < 1.29 is 18.0 Å². The van der Waals surface area contributed by atoms with E-state index in [-0.39, 0.29) is 5.56 Å². The predicted molar refractivity (Wildman–Crippen MR) is 67.0 cm³/mol. The smallest absolute Gasteiger partial charge is 0.298 e. The van der Waals surface area contributed by atoms with Crippen molar-refractivity contribution in [2.24, 2.45) is 0 Å². The molecule has 0 bridgehead atoms. The van der Waals surface area contributed by atoms with Gasteiger partial charge in [-0.1, -0.05) is 11.3 Å². The first-order valence-electron chi connectivity index (χ1n) is 4.82. The van der Waals surface area contributed by atoms with Gasteiger partial charge in [0.05, 0.1) is 15.5 Å². The molecule has 1 amide bonds. The Labute approximate surface area is 117 Å². The molecule has 2 rings (SSSR count). The van der Waals surface area contributed by atoms with E-state index in [9.17, 15) is 18.0 Å². The molecule has 0 aliphatic rings. The zero-order valence-electron chi connectivity index (χ0n) is 9.03. The Balaban J connectivity index is 2.12. The maximum atomic E-state index is 12.3. The van der Waals surface area contributed by atoms with Gasteiger partial charge >= 0.3 is 6.18 Å². The van der Waals surface area contributed by atoms with Crippen LogP contribution in [0.1, 0.15) is 16.1 Å². The highest BCUT2D eigenvalue weighted by atomic mass is 79.9. The summed E-state index contributed by atoms with van der Waals surface area (Å²) in [6, 6.07) is 1.82. The van der Waals surface area contributed by atoms with Gasteiger partial charge in [0.25, 0.3) is 5.91 Å². The van der Waals surface area contributed by atoms with Crippen LogP contribution in [-0.2, 0) is 6.18 Å². The number of hydrogen-bond donors (Lipinski definition) is 1. The van der Waals surface area contributed by atoms with Crippen molar-refractivity contribution in [3.05, 3.63) is 39.6 Å². The lowest BCUT2D eigenvalue weighted by Gasteiger charge is -2.06. The van der Waals surface area contributed by atoms with E-state index in [4.69, 9.17) is 0 Å². The lowest BCUT2D eigenvalue weighted by Crippen LogP contribution is -2.14. The first-order chi connectivity index (χ1) is 8.86. The molecule has 0 radical (unpaired) electrons. The number of hydrogen-bond acceptors (Lipinski definition) is 4. The Morgan fingerprint density at radius 3 is 2.47 bits per heavy atom. The molecule has 100 valence electrons. The summed E-state index contributed by atoms with van der Waals surface area (Å²) < 4.78 is 37.6. The van der Waals surface area contributed by atoms with Crippen LogP contribution in [0, 0.1) is 0 Å². The number of thiazole rings is 1. The number of alkyl halides is 3. The molecule has 0 saturated heterocycles. The van der Waals surface area contributed by atoms with Crippen LogP contribution in [-0.4, -0.2) is 15.9 Å².